The quantitative estimate of drug-likeness (QED) is 0.592. The second-order valence-corrected chi connectivity index (χ2v) is 4.07. The van der Waals surface area contributed by atoms with Crippen LogP contribution in [0.25, 0.3) is 0 Å². The van der Waals surface area contributed by atoms with Gasteiger partial charge in [0.15, 0.2) is 0 Å². The van der Waals surface area contributed by atoms with Gasteiger partial charge >= 0.3 is 0 Å². The molecule has 78 valence electrons. The maximum atomic E-state index is 5.67. The zero-order valence-corrected chi connectivity index (χ0v) is 9.22. The zero-order valence-electron chi connectivity index (χ0n) is 9.22. The van der Waals surface area contributed by atoms with E-state index in [4.69, 9.17) is 5.73 Å². The number of hydrogen-bond donors (Lipinski definition) is 2. The minimum absolute atomic E-state index is 0.519. The molecule has 0 aromatic rings. The first-order chi connectivity index (χ1) is 6.11. The van der Waals surface area contributed by atoms with Crippen LogP contribution in [0.1, 0.15) is 27.2 Å². The van der Waals surface area contributed by atoms with Gasteiger partial charge in [0.25, 0.3) is 0 Å². The minimum atomic E-state index is 0.519. The molecule has 0 aliphatic heterocycles. The highest BCUT2D eigenvalue weighted by Crippen LogP contribution is 2.07. The van der Waals surface area contributed by atoms with Crippen LogP contribution in [0.2, 0.25) is 0 Å². The first kappa shape index (κ1) is 12.7. The fourth-order valence-corrected chi connectivity index (χ4v) is 1.28. The summed E-state index contributed by atoms with van der Waals surface area (Å²) in [6, 6.07) is 0.519. The molecule has 13 heavy (non-hydrogen) atoms. The van der Waals surface area contributed by atoms with Gasteiger partial charge < -0.3 is 11.1 Å². The summed E-state index contributed by atoms with van der Waals surface area (Å²) >= 11 is 0. The van der Waals surface area contributed by atoms with E-state index in [1.807, 2.05) is 6.08 Å². The van der Waals surface area contributed by atoms with Crippen LogP contribution in [-0.4, -0.2) is 19.1 Å². The summed E-state index contributed by atoms with van der Waals surface area (Å²) in [5.41, 5.74) is 5.67. The summed E-state index contributed by atoms with van der Waals surface area (Å²) < 4.78 is 0. The molecular weight excluding hydrogens is 160 g/mol. The maximum absolute atomic E-state index is 5.67. The highest BCUT2D eigenvalue weighted by Gasteiger charge is 2.11. The number of nitrogens with two attached hydrogens (primary N) is 1. The Bertz CT molecular complexity index is 132. The molecule has 0 aliphatic rings. The van der Waals surface area contributed by atoms with E-state index in [-0.39, 0.29) is 0 Å². The lowest BCUT2D eigenvalue weighted by Gasteiger charge is -2.21. The SMILES string of the molecule is C=CCC(C)NCC(CN)C(C)C. The fourth-order valence-electron chi connectivity index (χ4n) is 1.28. The van der Waals surface area contributed by atoms with Crippen LogP contribution >= 0.6 is 0 Å². The second-order valence-electron chi connectivity index (χ2n) is 4.07. The van der Waals surface area contributed by atoms with Gasteiger partial charge in [-0.05, 0) is 38.3 Å². The molecule has 2 nitrogen and oxygen atoms in total. The minimum Gasteiger partial charge on any atom is -0.330 e. The van der Waals surface area contributed by atoms with E-state index >= 15 is 0 Å². The van der Waals surface area contributed by atoms with E-state index in [1.165, 1.54) is 0 Å². The Morgan fingerprint density at radius 2 is 2.00 bits per heavy atom. The zero-order chi connectivity index (χ0) is 10.3. The Morgan fingerprint density at radius 1 is 1.38 bits per heavy atom. The lowest BCUT2D eigenvalue weighted by Crippen LogP contribution is -2.36. The highest BCUT2D eigenvalue weighted by atomic mass is 14.9. The molecule has 0 bridgehead atoms. The van der Waals surface area contributed by atoms with Crippen LogP contribution in [0.3, 0.4) is 0 Å². The van der Waals surface area contributed by atoms with Crippen molar-refractivity contribution in [1.82, 2.24) is 5.32 Å². The van der Waals surface area contributed by atoms with Crippen molar-refractivity contribution in [3.8, 4) is 0 Å². The molecule has 2 heteroatoms. The Balaban J connectivity index is 3.64. The van der Waals surface area contributed by atoms with Crippen molar-refractivity contribution in [2.45, 2.75) is 33.2 Å². The standard InChI is InChI=1S/C11H24N2/c1-5-6-10(4)13-8-11(7-12)9(2)3/h5,9-11,13H,1,6-8,12H2,2-4H3. The molecule has 0 amide bonds. The average Bonchev–Trinajstić information content (AvgIpc) is 2.05. The van der Waals surface area contributed by atoms with Gasteiger partial charge in [-0.15, -0.1) is 6.58 Å². The summed E-state index contributed by atoms with van der Waals surface area (Å²) in [5, 5.41) is 3.46. The van der Waals surface area contributed by atoms with Gasteiger partial charge in [0.1, 0.15) is 0 Å². The highest BCUT2D eigenvalue weighted by molar-refractivity contribution is 4.76. The Morgan fingerprint density at radius 3 is 2.38 bits per heavy atom. The molecule has 0 rings (SSSR count). The normalized spacial score (nSPS) is 15.8. The van der Waals surface area contributed by atoms with Gasteiger partial charge in [0.2, 0.25) is 0 Å². The van der Waals surface area contributed by atoms with Crippen LogP contribution in [-0.2, 0) is 0 Å². The molecule has 0 saturated heterocycles. The van der Waals surface area contributed by atoms with E-state index in [2.05, 4.69) is 32.7 Å². The molecule has 2 atom stereocenters. The molecule has 0 radical (unpaired) electrons. The molecule has 0 aliphatic carbocycles. The predicted octanol–water partition coefficient (Wildman–Crippen LogP) is 1.77. The molecule has 0 heterocycles. The fraction of sp³-hybridized carbons (Fsp3) is 0.818. The summed E-state index contributed by atoms with van der Waals surface area (Å²) in [5.74, 6) is 1.25. The summed E-state index contributed by atoms with van der Waals surface area (Å²) in [6.45, 7) is 12.1. The molecule has 0 aromatic heterocycles. The van der Waals surface area contributed by atoms with Gasteiger partial charge in [-0.25, -0.2) is 0 Å². The van der Waals surface area contributed by atoms with Gasteiger partial charge in [-0.1, -0.05) is 19.9 Å². The van der Waals surface area contributed by atoms with Crippen molar-refractivity contribution in [1.29, 1.82) is 0 Å². The smallest absolute Gasteiger partial charge is 0.00732 e. The van der Waals surface area contributed by atoms with Crippen LogP contribution in [0.5, 0.6) is 0 Å². The number of rotatable bonds is 7. The summed E-state index contributed by atoms with van der Waals surface area (Å²) in [4.78, 5) is 0. The first-order valence-electron chi connectivity index (χ1n) is 5.16. The number of nitrogens with one attached hydrogen (secondary N) is 1. The monoisotopic (exact) mass is 184 g/mol. The molecule has 3 N–H and O–H groups in total. The summed E-state index contributed by atoms with van der Waals surface area (Å²) in [6.07, 6.45) is 2.97. The van der Waals surface area contributed by atoms with Crippen molar-refractivity contribution in [3.63, 3.8) is 0 Å². The van der Waals surface area contributed by atoms with Crippen LogP contribution in [0, 0.1) is 11.8 Å². The van der Waals surface area contributed by atoms with Crippen LogP contribution < -0.4 is 11.1 Å². The van der Waals surface area contributed by atoms with Gasteiger partial charge in [-0.2, -0.15) is 0 Å². The maximum Gasteiger partial charge on any atom is 0.00732 e. The third-order valence-corrected chi connectivity index (χ3v) is 2.49. The third kappa shape index (κ3) is 5.83. The van der Waals surface area contributed by atoms with Crippen LogP contribution in [0.15, 0.2) is 12.7 Å². The molecule has 0 fully saturated rings. The largest absolute Gasteiger partial charge is 0.330 e. The van der Waals surface area contributed by atoms with E-state index in [0.717, 1.165) is 19.5 Å². The Hall–Kier alpha value is -0.340. The second kappa shape index (κ2) is 7.10. The molecule has 0 aromatic carbocycles. The van der Waals surface area contributed by atoms with Crippen molar-refractivity contribution < 1.29 is 0 Å². The molecule has 0 saturated carbocycles. The van der Waals surface area contributed by atoms with Crippen molar-refractivity contribution in [2.75, 3.05) is 13.1 Å². The Labute approximate surface area is 82.6 Å². The average molecular weight is 184 g/mol. The summed E-state index contributed by atoms with van der Waals surface area (Å²) in [7, 11) is 0. The lowest BCUT2D eigenvalue weighted by molar-refractivity contribution is 0.355. The van der Waals surface area contributed by atoms with Gasteiger partial charge in [0.05, 0.1) is 0 Å². The molecular formula is C11H24N2. The number of hydrogen-bond acceptors (Lipinski definition) is 2. The van der Waals surface area contributed by atoms with Crippen molar-refractivity contribution in [2.24, 2.45) is 17.6 Å². The molecule has 2 unspecified atom stereocenters. The third-order valence-electron chi connectivity index (χ3n) is 2.49. The van der Waals surface area contributed by atoms with Gasteiger partial charge in [0, 0.05) is 6.04 Å². The van der Waals surface area contributed by atoms with Crippen molar-refractivity contribution >= 4 is 0 Å². The predicted molar refractivity (Wildman–Crippen MR) is 59.7 cm³/mol. The van der Waals surface area contributed by atoms with E-state index < -0.39 is 0 Å². The molecule has 0 spiro atoms. The van der Waals surface area contributed by atoms with E-state index in [0.29, 0.717) is 17.9 Å². The van der Waals surface area contributed by atoms with E-state index in [9.17, 15) is 0 Å². The van der Waals surface area contributed by atoms with Crippen LogP contribution in [0.4, 0.5) is 0 Å². The van der Waals surface area contributed by atoms with Crippen molar-refractivity contribution in [3.05, 3.63) is 12.7 Å². The van der Waals surface area contributed by atoms with E-state index in [1.54, 1.807) is 0 Å². The topological polar surface area (TPSA) is 38.0 Å². The van der Waals surface area contributed by atoms with Gasteiger partial charge in [-0.3, -0.25) is 0 Å². The lowest BCUT2D eigenvalue weighted by atomic mass is 9.96. The Kier molecular flexibility index (Phi) is 6.92. The first-order valence-corrected chi connectivity index (χ1v) is 5.16.